The van der Waals surface area contributed by atoms with Gasteiger partial charge in [0.2, 0.25) is 0 Å². The summed E-state index contributed by atoms with van der Waals surface area (Å²) in [6, 6.07) is 4.49. The van der Waals surface area contributed by atoms with E-state index in [9.17, 15) is 9.90 Å². The summed E-state index contributed by atoms with van der Waals surface area (Å²) in [5.41, 5.74) is 0.526. The van der Waals surface area contributed by atoms with Crippen molar-refractivity contribution in [1.82, 2.24) is 10.6 Å². The average molecular weight is 335 g/mol. The van der Waals surface area contributed by atoms with E-state index in [1.54, 1.807) is 18.2 Å². The van der Waals surface area contributed by atoms with Gasteiger partial charge >= 0.3 is 6.03 Å². The monoisotopic (exact) mass is 334 g/mol. The number of hydrogen-bond acceptors (Lipinski definition) is 3. The fourth-order valence-corrected chi connectivity index (χ4v) is 2.19. The summed E-state index contributed by atoms with van der Waals surface area (Å²) in [7, 11) is 0. The van der Waals surface area contributed by atoms with Gasteiger partial charge in [0.1, 0.15) is 0 Å². The van der Waals surface area contributed by atoms with Gasteiger partial charge in [-0.15, -0.1) is 0 Å². The molecule has 0 saturated carbocycles. The number of amides is 2. The van der Waals surface area contributed by atoms with Gasteiger partial charge in [-0.2, -0.15) is 0 Å². The second kappa shape index (κ2) is 9.84. The Morgan fingerprint density at radius 1 is 1.38 bits per heavy atom. The lowest BCUT2D eigenvalue weighted by atomic mass is 10.1. The van der Waals surface area contributed by atoms with Crippen LogP contribution in [0.4, 0.5) is 4.79 Å². The maximum absolute atomic E-state index is 11.5. The number of nitrogens with one attached hydrogen (secondary N) is 2. The van der Waals surface area contributed by atoms with Crippen LogP contribution in [0.3, 0.4) is 0 Å². The maximum Gasteiger partial charge on any atom is 0.314 e. The van der Waals surface area contributed by atoms with E-state index in [0.717, 1.165) is 6.42 Å². The van der Waals surface area contributed by atoms with Gasteiger partial charge in [-0.25, -0.2) is 4.79 Å². The topological polar surface area (TPSA) is 70.6 Å². The van der Waals surface area contributed by atoms with Crippen LogP contribution < -0.4 is 10.6 Å². The second-order valence-corrected chi connectivity index (χ2v) is 5.21. The number of halogens is 2. The van der Waals surface area contributed by atoms with Crippen LogP contribution in [0, 0.1) is 0 Å². The molecule has 0 aliphatic rings. The Morgan fingerprint density at radius 3 is 2.81 bits per heavy atom. The molecule has 0 aliphatic carbocycles. The van der Waals surface area contributed by atoms with E-state index >= 15 is 0 Å². The van der Waals surface area contributed by atoms with Gasteiger partial charge in [-0.05, 0) is 25.5 Å². The Kier molecular flexibility index (Phi) is 8.45. The number of hydrogen-bond donors (Lipinski definition) is 3. The first-order valence-corrected chi connectivity index (χ1v) is 7.52. The lowest BCUT2D eigenvalue weighted by Gasteiger charge is -2.14. The van der Waals surface area contributed by atoms with Crippen molar-refractivity contribution in [3.05, 3.63) is 33.8 Å². The first kappa shape index (κ1) is 18.0. The van der Waals surface area contributed by atoms with Crippen molar-refractivity contribution in [3.63, 3.8) is 0 Å². The molecule has 5 nitrogen and oxygen atoms in total. The van der Waals surface area contributed by atoms with Crippen molar-refractivity contribution in [2.24, 2.45) is 0 Å². The highest BCUT2D eigenvalue weighted by molar-refractivity contribution is 6.35. The zero-order chi connectivity index (χ0) is 15.7. The van der Waals surface area contributed by atoms with Crippen LogP contribution in [0.1, 0.15) is 25.0 Å². The number of carbonyl (C=O) groups excluding carboxylic acids is 1. The molecule has 118 valence electrons. The maximum atomic E-state index is 11.5. The molecule has 3 N–H and O–H groups in total. The highest BCUT2D eigenvalue weighted by atomic mass is 35.5. The molecule has 0 spiro atoms. The molecule has 0 aromatic heterocycles. The molecular weight excluding hydrogens is 315 g/mol. The molecule has 0 heterocycles. The van der Waals surface area contributed by atoms with Crippen LogP contribution in [0.25, 0.3) is 0 Å². The molecule has 0 fully saturated rings. The standard InChI is InChI=1S/C14H20Cl2N2O3/c1-2-21-7-3-6-17-14(20)18-9-13(19)11-5-4-10(15)8-12(11)16/h4-5,8,13,19H,2-3,6-7,9H2,1H3,(H2,17,18,20). The van der Waals surface area contributed by atoms with E-state index < -0.39 is 6.10 Å². The third kappa shape index (κ3) is 7.00. The van der Waals surface area contributed by atoms with E-state index in [1.165, 1.54) is 0 Å². The van der Waals surface area contributed by atoms with Gasteiger partial charge in [0.25, 0.3) is 0 Å². The van der Waals surface area contributed by atoms with Gasteiger partial charge in [0.15, 0.2) is 0 Å². The summed E-state index contributed by atoms with van der Waals surface area (Å²) in [5, 5.41) is 16.1. The van der Waals surface area contributed by atoms with Crippen LogP contribution in [0.15, 0.2) is 18.2 Å². The smallest absolute Gasteiger partial charge is 0.314 e. The number of benzene rings is 1. The molecule has 1 atom stereocenters. The second-order valence-electron chi connectivity index (χ2n) is 4.37. The number of carbonyl (C=O) groups is 1. The van der Waals surface area contributed by atoms with Crippen molar-refractivity contribution in [2.45, 2.75) is 19.4 Å². The van der Waals surface area contributed by atoms with E-state index in [1.807, 2.05) is 6.92 Å². The predicted octanol–water partition coefficient (Wildman–Crippen LogP) is 2.75. The van der Waals surface area contributed by atoms with Crippen molar-refractivity contribution in [2.75, 3.05) is 26.3 Å². The molecule has 1 aromatic carbocycles. The van der Waals surface area contributed by atoms with Gasteiger partial charge in [-0.3, -0.25) is 0 Å². The molecule has 0 radical (unpaired) electrons. The zero-order valence-electron chi connectivity index (χ0n) is 11.9. The molecular formula is C14H20Cl2N2O3. The zero-order valence-corrected chi connectivity index (χ0v) is 13.4. The number of aliphatic hydroxyl groups is 1. The largest absolute Gasteiger partial charge is 0.387 e. The Morgan fingerprint density at radius 2 is 2.14 bits per heavy atom. The van der Waals surface area contributed by atoms with Crippen LogP contribution >= 0.6 is 23.2 Å². The van der Waals surface area contributed by atoms with E-state index in [4.69, 9.17) is 27.9 Å². The molecule has 21 heavy (non-hydrogen) atoms. The third-order valence-electron chi connectivity index (χ3n) is 2.73. The minimum absolute atomic E-state index is 0.0681. The molecule has 1 rings (SSSR count). The number of rotatable bonds is 8. The Labute approximate surface area is 134 Å². The first-order valence-electron chi connectivity index (χ1n) is 6.77. The Bertz CT molecular complexity index is 458. The molecule has 1 unspecified atom stereocenters. The van der Waals surface area contributed by atoms with Gasteiger partial charge in [0, 0.05) is 41.9 Å². The van der Waals surface area contributed by atoms with Crippen LogP contribution in [-0.4, -0.2) is 37.4 Å². The summed E-state index contributed by atoms with van der Waals surface area (Å²) in [6.07, 6.45) is -0.142. The molecule has 0 aliphatic heterocycles. The van der Waals surface area contributed by atoms with Gasteiger partial charge in [0.05, 0.1) is 6.10 Å². The molecule has 0 saturated heterocycles. The van der Waals surface area contributed by atoms with Crippen molar-refractivity contribution >= 4 is 29.2 Å². The van der Waals surface area contributed by atoms with Gasteiger partial charge < -0.3 is 20.5 Å². The quantitative estimate of drug-likeness (QED) is 0.640. The highest BCUT2D eigenvalue weighted by Gasteiger charge is 2.13. The minimum atomic E-state index is -0.885. The predicted molar refractivity (Wildman–Crippen MR) is 83.9 cm³/mol. The fourth-order valence-electron chi connectivity index (χ4n) is 1.65. The third-order valence-corrected chi connectivity index (χ3v) is 3.30. The molecule has 1 aromatic rings. The number of aliphatic hydroxyl groups excluding tert-OH is 1. The summed E-state index contributed by atoms with van der Waals surface area (Å²) < 4.78 is 5.16. The Balaban J connectivity index is 2.29. The Hall–Kier alpha value is -1.01. The summed E-state index contributed by atoms with van der Waals surface area (Å²) in [5.74, 6) is 0. The minimum Gasteiger partial charge on any atom is -0.387 e. The highest BCUT2D eigenvalue weighted by Crippen LogP contribution is 2.25. The summed E-state index contributed by atoms with van der Waals surface area (Å²) >= 11 is 11.8. The van der Waals surface area contributed by atoms with Gasteiger partial charge in [-0.1, -0.05) is 29.3 Å². The average Bonchev–Trinajstić information content (AvgIpc) is 2.44. The van der Waals surface area contributed by atoms with E-state index in [-0.39, 0.29) is 12.6 Å². The SMILES string of the molecule is CCOCCCNC(=O)NCC(O)c1ccc(Cl)cc1Cl. The lowest BCUT2D eigenvalue weighted by Crippen LogP contribution is -2.38. The first-order chi connectivity index (χ1) is 10.0. The van der Waals surface area contributed by atoms with Crippen LogP contribution in [0.2, 0.25) is 10.0 Å². The normalized spacial score (nSPS) is 12.0. The van der Waals surface area contributed by atoms with Crippen LogP contribution in [0.5, 0.6) is 0 Å². The lowest BCUT2D eigenvalue weighted by molar-refractivity contribution is 0.144. The summed E-state index contributed by atoms with van der Waals surface area (Å²) in [4.78, 5) is 11.5. The summed E-state index contributed by atoms with van der Waals surface area (Å²) in [6.45, 7) is 3.78. The molecule has 2 amide bonds. The van der Waals surface area contributed by atoms with E-state index in [2.05, 4.69) is 10.6 Å². The van der Waals surface area contributed by atoms with Crippen LogP contribution in [-0.2, 0) is 4.74 Å². The number of ether oxygens (including phenoxy) is 1. The van der Waals surface area contributed by atoms with Crippen molar-refractivity contribution in [1.29, 1.82) is 0 Å². The molecule has 0 bridgehead atoms. The van der Waals surface area contributed by atoms with E-state index in [0.29, 0.717) is 35.4 Å². The van der Waals surface area contributed by atoms with Crippen molar-refractivity contribution < 1.29 is 14.6 Å². The van der Waals surface area contributed by atoms with Crippen molar-refractivity contribution in [3.8, 4) is 0 Å². The fraction of sp³-hybridized carbons (Fsp3) is 0.500. The number of urea groups is 1. The molecule has 7 heteroatoms.